The van der Waals surface area contributed by atoms with Crippen LogP contribution in [-0.2, 0) is 4.79 Å². The van der Waals surface area contributed by atoms with Gasteiger partial charge in [-0.25, -0.2) is 0 Å². The molecule has 0 aromatic rings. The lowest BCUT2D eigenvalue weighted by molar-refractivity contribution is -0.119. The molecule has 0 fully saturated rings. The summed E-state index contributed by atoms with van der Waals surface area (Å²) in [5.74, 6) is 1.21. The van der Waals surface area contributed by atoms with E-state index in [9.17, 15) is 4.79 Å². The molecule has 0 amide bonds. The number of rotatable bonds is 3. The Morgan fingerprint density at radius 1 is 1.62 bits per heavy atom. The fraction of sp³-hybridized carbons (Fsp3) is 0.778. The van der Waals surface area contributed by atoms with Gasteiger partial charge in [-0.05, 0) is 12.8 Å². The number of Topliss-reactive ketones (excluding diaryl/α,β-unsaturated/α-hetero) is 1. The summed E-state index contributed by atoms with van der Waals surface area (Å²) >= 11 is 0. The van der Waals surface area contributed by atoms with Crippen LogP contribution in [0.5, 0.6) is 0 Å². The van der Waals surface area contributed by atoms with Crippen molar-refractivity contribution in [3.63, 3.8) is 0 Å². The minimum Gasteiger partial charge on any atom is -0.355 e. The largest absolute Gasteiger partial charge is 0.355 e. The van der Waals surface area contributed by atoms with Gasteiger partial charge in [0.15, 0.2) is 11.7 Å². The van der Waals surface area contributed by atoms with Gasteiger partial charge in [-0.3, -0.25) is 9.79 Å². The Labute approximate surface area is 78.8 Å². The molecule has 0 aromatic heterocycles. The van der Waals surface area contributed by atoms with Crippen LogP contribution in [0.15, 0.2) is 4.99 Å². The Morgan fingerprint density at radius 2 is 2.31 bits per heavy atom. The number of hydrogen-bond donors (Lipinski definition) is 2. The third kappa shape index (κ3) is 2.72. The van der Waals surface area contributed by atoms with Crippen molar-refractivity contribution in [1.29, 1.82) is 0 Å². The molecule has 0 saturated carbocycles. The minimum atomic E-state index is -0.121. The van der Waals surface area contributed by atoms with E-state index >= 15 is 0 Å². The van der Waals surface area contributed by atoms with E-state index in [1.165, 1.54) is 0 Å². The number of ketones is 1. The highest BCUT2D eigenvalue weighted by molar-refractivity contribution is 5.89. The second-order valence-electron chi connectivity index (χ2n) is 3.63. The van der Waals surface area contributed by atoms with Gasteiger partial charge in [0.25, 0.3) is 0 Å². The molecule has 13 heavy (non-hydrogen) atoms. The lowest BCUT2D eigenvalue weighted by atomic mass is 10.0. The zero-order valence-corrected chi connectivity index (χ0v) is 8.42. The van der Waals surface area contributed by atoms with Crippen molar-refractivity contribution < 1.29 is 4.79 Å². The summed E-state index contributed by atoms with van der Waals surface area (Å²) < 4.78 is 0. The molecule has 0 spiro atoms. The number of carbonyl (C=O) groups excluding carboxylic acids is 1. The van der Waals surface area contributed by atoms with Gasteiger partial charge in [0, 0.05) is 6.54 Å². The van der Waals surface area contributed by atoms with Crippen molar-refractivity contribution in [3.8, 4) is 0 Å². The Morgan fingerprint density at radius 3 is 2.69 bits per heavy atom. The smallest absolute Gasteiger partial charge is 0.191 e. The number of carbonyl (C=O) groups is 1. The average molecular weight is 183 g/mol. The highest BCUT2D eigenvalue weighted by Crippen LogP contribution is 2.02. The first kappa shape index (κ1) is 10.0. The maximum Gasteiger partial charge on any atom is 0.191 e. The van der Waals surface area contributed by atoms with E-state index in [1.54, 1.807) is 6.92 Å². The quantitative estimate of drug-likeness (QED) is 0.655. The topological polar surface area (TPSA) is 53.5 Å². The average Bonchev–Trinajstić information content (AvgIpc) is 2.50. The molecule has 74 valence electrons. The lowest BCUT2D eigenvalue weighted by Gasteiger charge is -2.20. The predicted octanol–water partition coefficient (Wildman–Crippen LogP) is 0.149. The highest BCUT2D eigenvalue weighted by Gasteiger charge is 2.20. The first-order valence-electron chi connectivity index (χ1n) is 4.66. The predicted molar refractivity (Wildman–Crippen MR) is 52.7 cm³/mol. The van der Waals surface area contributed by atoms with Crippen LogP contribution in [-0.4, -0.2) is 30.9 Å². The molecule has 4 heteroatoms. The summed E-state index contributed by atoms with van der Waals surface area (Å²) in [7, 11) is 0. The zero-order chi connectivity index (χ0) is 9.84. The van der Waals surface area contributed by atoms with E-state index in [0.717, 1.165) is 19.0 Å². The van der Waals surface area contributed by atoms with Gasteiger partial charge >= 0.3 is 0 Å². The van der Waals surface area contributed by atoms with Gasteiger partial charge in [0.2, 0.25) is 0 Å². The maximum absolute atomic E-state index is 11.2. The fourth-order valence-corrected chi connectivity index (χ4v) is 1.38. The molecule has 1 rings (SSSR count). The molecule has 1 aliphatic heterocycles. The van der Waals surface area contributed by atoms with E-state index in [0.29, 0.717) is 5.92 Å². The molecule has 1 heterocycles. The summed E-state index contributed by atoms with van der Waals surface area (Å²) in [6.07, 6.45) is 0. The van der Waals surface area contributed by atoms with Crippen LogP contribution in [0.3, 0.4) is 0 Å². The molecule has 2 N–H and O–H groups in total. The van der Waals surface area contributed by atoms with Crippen LogP contribution in [0.1, 0.15) is 20.8 Å². The van der Waals surface area contributed by atoms with E-state index < -0.39 is 0 Å². The number of nitrogens with zero attached hydrogens (tertiary/aromatic N) is 1. The van der Waals surface area contributed by atoms with Crippen molar-refractivity contribution in [2.45, 2.75) is 26.8 Å². The van der Waals surface area contributed by atoms with E-state index in [2.05, 4.69) is 15.6 Å². The van der Waals surface area contributed by atoms with Crippen molar-refractivity contribution in [2.24, 2.45) is 10.9 Å². The summed E-state index contributed by atoms with van der Waals surface area (Å²) in [4.78, 5) is 15.4. The van der Waals surface area contributed by atoms with Gasteiger partial charge in [-0.2, -0.15) is 0 Å². The SMILES string of the molecule is CC(=O)[C@H](NC1=NCCN1)C(C)C. The number of aliphatic imine (C=N–C) groups is 1. The standard InChI is InChI=1S/C9H17N3O/c1-6(2)8(7(3)13)12-9-10-4-5-11-9/h6,8H,4-5H2,1-3H3,(H2,10,11,12)/t8-/m1/s1. The Bertz CT molecular complexity index is 223. The summed E-state index contributed by atoms with van der Waals surface area (Å²) in [6.45, 7) is 7.31. The third-order valence-corrected chi connectivity index (χ3v) is 2.07. The molecule has 0 radical (unpaired) electrons. The molecule has 4 nitrogen and oxygen atoms in total. The van der Waals surface area contributed by atoms with E-state index in [4.69, 9.17) is 0 Å². The summed E-state index contributed by atoms with van der Waals surface area (Å²) in [5.41, 5.74) is 0. The van der Waals surface area contributed by atoms with Gasteiger partial charge in [-0.1, -0.05) is 13.8 Å². The maximum atomic E-state index is 11.2. The monoisotopic (exact) mass is 183 g/mol. The van der Waals surface area contributed by atoms with Crippen LogP contribution in [0.2, 0.25) is 0 Å². The van der Waals surface area contributed by atoms with E-state index in [-0.39, 0.29) is 11.8 Å². The Hall–Kier alpha value is -1.06. The van der Waals surface area contributed by atoms with Crippen molar-refractivity contribution in [2.75, 3.05) is 13.1 Å². The van der Waals surface area contributed by atoms with Crippen LogP contribution < -0.4 is 10.6 Å². The van der Waals surface area contributed by atoms with Gasteiger partial charge < -0.3 is 10.6 Å². The first-order chi connectivity index (χ1) is 6.11. The number of guanidine groups is 1. The highest BCUT2D eigenvalue weighted by atomic mass is 16.1. The third-order valence-electron chi connectivity index (χ3n) is 2.07. The molecule has 1 atom stereocenters. The van der Waals surface area contributed by atoms with Crippen molar-refractivity contribution >= 4 is 11.7 Å². The molecular formula is C9H17N3O. The molecule has 0 saturated heterocycles. The van der Waals surface area contributed by atoms with Crippen LogP contribution in [0.4, 0.5) is 0 Å². The second kappa shape index (κ2) is 4.25. The van der Waals surface area contributed by atoms with Gasteiger partial charge in [0.05, 0.1) is 12.6 Å². The fourth-order valence-electron chi connectivity index (χ4n) is 1.38. The van der Waals surface area contributed by atoms with Crippen LogP contribution in [0.25, 0.3) is 0 Å². The van der Waals surface area contributed by atoms with Crippen LogP contribution >= 0.6 is 0 Å². The second-order valence-corrected chi connectivity index (χ2v) is 3.63. The molecule has 0 aromatic carbocycles. The molecule has 1 aliphatic rings. The minimum absolute atomic E-state index is 0.121. The normalized spacial score (nSPS) is 18.0. The summed E-state index contributed by atoms with van der Waals surface area (Å²) in [6, 6.07) is -0.121. The lowest BCUT2D eigenvalue weighted by Crippen LogP contribution is -2.47. The van der Waals surface area contributed by atoms with E-state index in [1.807, 2.05) is 13.8 Å². The van der Waals surface area contributed by atoms with Crippen molar-refractivity contribution in [1.82, 2.24) is 10.6 Å². The van der Waals surface area contributed by atoms with Gasteiger partial charge in [-0.15, -0.1) is 0 Å². The van der Waals surface area contributed by atoms with Gasteiger partial charge in [0.1, 0.15) is 0 Å². The molecule has 0 bridgehead atoms. The Kier molecular flexibility index (Phi) is 3.28. The first-order valence-corrected chi connectivity index (χ1v) is 4.66. The van der Waals surface area contributed by atoms with Crippen molar-refractivity contribution in [3.05, 3.63) is 0 Å². The molecule has 0 unspecified atom stereocenters. The number of nitrogens with one attached hydrogen (secondary N) is 2. The summed E-state index contributed by atoms with van der Waals surface area (Å²) in [5, 5.41) is 6.19. The Balaban J connectivity index is 2.51. The zero-order valence-electron chi connectivity index (χ0n) is 8.42. The molecule has 0 aliphatic carbocycles. The molecular weight excluding hydrogens is 166 g/mol. The number of hydrogen-bond acceptors (Lipinski definition) is 4. The van der Waals surface area contributed by atoms with Crippen LogP contribution in [0, 0.1) is 5.92 Å².